The van der Waals surface area contributed by atoms with E-state index >= 15 is 0 Å². The van der Waals surface area contributed by atoms with Crippen LogP contribution in [0.25, 0.3) is 0 Å². The van der Waals surface area contributed by atoms with Crippen molar-refractivity contribution in [2.45, 2.75) is 63.7 Å². The third kappa shape index (κ3) is 4.01. The number of aromatic nitrogens is 3. The van der Waals surface area contributed by atoms with Crippen LogP contribution in [0.15, 0.2) is 24.3 Å². The number of nitrogens with zero attached hydrogens (tertiary/aromatic N) is 4. The predicted octanol–water partition coefficient (Wildman–Crippen LogP) is 3.43. The minimum atomic E-state index is -2.87. The zero-order chi connectivity index (χ0) is 20.9. The monoisotopic (exact) mass is 446 g/mol. The third-order valence-corrected chi connectivity index (χ3v) is 9.30. The van der Waals surface area contributed by atoms with Crippen LogP contribution in [0.1, 0.15) is 55.1 Å². The quantitative estimate of drug-likeness (QED) is 0.637. The molecule has 2 aliphatic carbocycles. The smallest absolute Gasteiger partial charge is 0.198 e. The van der Waals surface area contributed by atoms with Crippen molar-refractivity contribution in [2.75, 3.05) is 11.5 Å². The Hall–Kier alpha value is -1.51. The second-order valence-electron chi connectivity index (χ2n) is 9.22. The van der Waals surface area contributed by atoms with Gasteiger partial charge in [0.05, 0.1) is 18.2 Å². The van der Waals surface area contributed by atoms with Gasteiger partial charge < -0.3 is 4.57 Å². The van der Waals surface area contributed by atoms with E-state index in [0.717, 1.165) is 17.0 Å². The van der Waals surface area contributed by atoms with Gasteiger partial charge in [-0.3, -0.25) is 4.90 Å². The molecule has 5 rings (SSSR count). The van der Waals surface area contributed by atoms with E-state index in [1.807, 2.05) is 16.3 Å². The highest BCUT2D eigenvalue weighted by Crippen LogP contribution is 2.41. The minimum Gasteiger partial charge on any atom is -0.307 e. The van der Waals surface area contributed by atoms with Crippen LogP contribution in [0, 0.1) is 10.7 Å². The van der Waals surface area contributed by atoms with Gasteiger partial charge in [-0.2, -0.15) is 5.10 Å². The topological polar surface area (TPSA) is 60.1 Å². The van der Waals surface area contributed by atoms with Gasteiger partial charge in [0, 0.05) is 25.6 Å². The van der Waals surface area contributed by atoms with Crippen LogP contribution in [0.3, 0.4) is 0 Å². The van der Waals surface area contributed by atoms with Crippen molar-refractivity contribution in [1.82, 2.24) is 19.2 Å². The molecule has 0 spiro atoms. The van der Waals surface area contributed by atoms with Gasteiger partial charge in [-0.15, -0.1) is 0 Å². The molecular weight excluding hydrogens is 416 g/mol. The number of sulfone groups is 1. The van der Waals surface area contributed by atoms with Crippen LogP contribution in [0.4, 0.5) is 0 Å². The van der Waals surface area contributed by atoms with Crippen molar-refractivity contribution in [3.8, 4) is 0 Å². The molecular formula is C22H30N4O2S2. The van der Waals surface area contributed by atoms with E-state index in [-0.39, 0.29) is 11.7 Å². The van der Waals surface area contributed by atoms with Gasteiger partial charge in [0.1, 0.15) is 5.82 Å². The SMILES string of the molecule is Cn1c(C[C@@H]2CCS(=O)(=O)C2)nn(CN(C2CC2)[C@H]2CCCc3ccccc32)c1=S. The van der Waals surface area contributed by atoms with Crippen molar-refractivity contribution in [2.24, 2.45) is 13.0 Å². The number of hydrogen-bond donors (Lipinski definition) is 0. The van der Waals surface area contributed by atoms with E-state index in [4.69, 9.17) is 17.3 Å². The zero-order valence-corrected chi connectivity index (χ0v) is 19.2. The summed E-state index contributed by atoms with van der Waals surface area (Å²) >= 11 is 5.72. The summed E-state index contributed by atoms with van der Waals surface area (Å²) in [5, 5.41) is 4.86. The minimum absolute atomic E-state index is 0.156. The number of benzene rings is 1. The Bertz CT molecular complexity index is 1100. The predicted molar refractivity (Wildman–Crippen MR) is 119 cm³/mol. The van der Waals surface area contributed by atoms with Crippen LogP contribution < -0.4 is 0 Å². The molecule has 0 radical (unpaired) electrons. The number of fused-ring (bicyclic) bond motifs is 1. The molecule has 2 aromatic rings. The summed E-state index contributed by atoms with van der Waals surface area (Å²) in [5.41, 5.74) is 2.95. The van der Waals surface area contributed by atoms with Crippen LogP contribution >= 0.6 is 12.2 Å². The Morgan fingerprint density at radius 2 is 2.00 bits per heavy atom. The fraction of sp³-hybridized carbons (Fsp3) is 0.636. The second-order valence-corrected chi connectivity index (χ2v) is 11.8. The molecule has 1 aromatic heterocycles. The Labute approximate surface area is 183 Å². The molecule has 0 unspecified atom stereocenters. The molecule has 1 saturated carbocycles. The standard InChI is InChI=1S/C22H30N4O2S2/c1-24-21(13-16-11-12-30(27,28)14-16)23-26(22(24)29)15-25(18-9-10-18)20-8-4-6-17-5-2-3-7-19(17)20/h2-3,5,7,16,18,20H,4,6,8-15H2,1H3/t16-,20-/m0/s1. The molecule has 0 amide bonds. The molecule has 0 bridgehead atoms. The summed E-state index contributed by atoms with van der Waals surface area (Å²) in [7, 11) is -0.914. The lowest BCUT2D eigenvalue weighted by Crippen LogP contribution is -2.35. The third-order valence-electron chi connectivity index (χ3n) is 6.98. The van der Waals surface area contributed by atoms with E-state index in [9.17, 15) is 8.42 Å². The average molecular weight is 447 g/mol. The molecule has 6 nitrogen and oxygen atoms in total. The van der Waals surface area contributed by atoms with Crippen molar-refractivity contribution >= 4 is 22.1 Å². The van der Waals surface area contributed by atoms with E-state index in [2.05, 4.69) is 29.2 Å². The Morgan fingerprint density at radius 3 is 2.73 bits per heavy atom. The van der Waals surface area contributed by atoms with Gasteiger partial charge in [-0.25, -0.2) is 13.1 Å². The summed E-state index contributed by atoms with van der Waals surface area (Å²) in [6, 6.07) is 9.89. The maximum absolute atomic E-state index is 11.8. The van der Waals surface area contributed by atoms with E-state index in [1.54, 1.807) is 0 Å². The van der Waals surface area contributed by atoms with Crippen LogP contribution in [-0.2, 0) is 36.4 Å². The largest absolute Gasteiger partial charge is 0.307 e. The summed E-state index contributed by atoms with van der Waals surface area (Å²) in [4.78, 5) is 2.60. The molecule has 2 fully saturated rings. The molecule has 2 atom stereocenters. The van der Waals surface area contributed by atoms with E-state index < -0.39 is 9.84 Å². The van der Waals surface area contributed by atoms with E-state index in [0.29, 0.717) is 30.9 Å². The fourth-order valence-electron chi connectivity index (χ4n) is 5.20. The second kappa shape index (κ2) is 7.88. The molecule has 3 aliphatic rings. The van der Waals surface area contributed by atoms with Crippen molar-refractivity contribution in [3.63, 3.8) is 0 Å². The molecule has 30 heavy (non-hydrogen) atoms. The van der Waals surface area contributed by atoms with Gasteiger partial charge in [0.2, 0.25) is 0 Å². The normalized spacial score (nSPS) is 25.5. The Morgan fingerprint density at radius 1 is 1.20 bits per heavy atom. The van der Waals surface area contributed by atoms with Crippen molar-refractivity contribution < 1.29 is 8.42 Å². The van der Waals surface area contributed by atoms with Gasteiger partial charge in [-0.1, -0.05) is 24.3 Å². The summed E-state index contributed by atoms with van der Waals surface area (Å²) in [6.45, 7) is 0.708. The van der Waals surface area contributed by atoms with Crippen molar-refractivity contribution in [1.29, 1.82) is 0 Å². The molecule has 1 aliphatic heterocycles. The molecule has 162 valence electrons. The summed E-state index contributed by atoms with van der Waals surface area (Å²) < 4.78 is 28.3. The molecule has 0 N–H and O–H groups in total. The lowest BCUT2D eigenvalue weighted by molar-refractivity contribution is 0.118. The highest BCUT2D eigenvalue weighted by Gasteiger charge is 2.37. The van der Waals surface area contributed by atoms with Gasteiger partial charge in [0.15, 0.2) is 14.6 Å². The maximum atomic E-state index is 11.8. The summed E-state index contributed by atoms with van der Waals surface area (Å²) in [6.07, 6.45) is 7.47. The first-order valence-corrected chi connectivity index (χ1v) is 13.3. The zero-order valence-electron chi connectivity index (χ0n) is 17.5. The first-order valence-electron chi connectivity index (χ1n) is 11.1. The lowest BCUT2D eigenvalue weighted by atomic mass is 9.87. The van der Waals surface area contributed by atoms with Crippen molar-refractivity contribution in [3.05, 3.63) is 46.0 Å². The van der Waals surface area contributed by atoms with Crippen LogP contribution in [0.2, 0.25) is 0 Å². The molecule has 1 aromatic carbocycles. The number of rotatable bonds is 6. The van der Waals surface area contributed by atoms with Gasteiger partial charge >= 0.3 is 0 Å². The molecule has 8 heteroatoms. The Balaban J connectivity index is 1.39. The maximum Gasteiger partial charge on any atom is 0.198 e. The average Bonchev–Trinajstić information content (AvgIpc) is 3.47. The fourth-order valence-corrected chi connectivity index (χ4v) is 7.26. The first kappa shape index (κ1) is 20.4. The first-order chi connectivity index (χ1) is 14.4. The number of hydrogen-bond acceptors (Lipinski definition) is 5. The highest BCUT2D eigenvalue weighted by molar-refractivity contribution is 7.91. The highest BCUT2D eigenvalue weighted by atomic mass is 32.2. The van der Waals surface area contributed by atoms with Gasteiger partial charge in [-0.05, 0) is 67.8 Å². The van der Waals surface area contributed by atoms with Crippen LogP contribution in [-0.4, -0.2) is 45.2 Å². The summed E-state index contributed by atoms with van der Waals surface area (Å²) in [5.74, 6) is 1.64. The molecule has 1 saturated heterocycles. The van der Waals surface area contributed by atoms with Crippen LogP contribution in [0.5, 0.6) is 0 Å². The van der Waals surface area contributed by atoms with Gasteiger partial charge in [0.25, 0.3) is 0 Å². The van der Waals surface area contributed by atoms with E-state index in [1.165, 1.54) is 43.2 Å². The molecule has 2 heterocycles. The number of aryl methyl sites for hydroxylation is 1. The Kier molecular flexibility index (Phi) is 5.35. The lowest BCUT2D eigenvalue weighted by Gasteiger charge is -2.36.